The van der Waals surface area contributed by atoms with E-state index in [1.54, 1.807) is 0 Å². The summed E-state index contributed by atoms with van der Waals surface area (Å²) in [5.74, 6) is 0. The van der Waals surface area contributed by atoms with Gasteiger partial charge in [0.1, 0.15) is 0 Å². The molecule has 0 rings (SSSR count). The summed E-state index contributed by atoms with van der Waals surface area (Å²) in [5.41, 5.74) is 0.884. The van der Waals surface area contributed by atoms with E-state index in [4.69, 9.17) is 4.43 Å². The zero-order chi connectivity index (χ0) is 10.5. The summed E-state index contributed by atoms with van der Waals surface area (Å²) in [6.07, 6.45) is 2.55. The van der Waals surface area contributed by atoms with Gasteiger partial charge >= 0.3 is 0 Å². The van der Waals surface area contributed by atoms with Crippen LogP contribution in [-0.4, -0.2) is 14.6 Å². The molecule has 1 nitrogen and oxygen atoms in total. The van der Waals surface area contributed by atoms with Gasteiger partial charge in [0.05, 0.1) is 0 Å². The Labute approximate surface area is 85.6 Å². The lowest BCUT2D eigenvalue weighted by atomic mass is 10.2. The molecule has 0 aliphatic heterocycles. The Morgan fingerprint density at radius 2 is 1.77 bits per heavy atom. The minimum Gasteiger partial charge on any atom is -0.415 e. The molecule has 0 radical (unpaired) electrons. The lowest BCUT2D eigenvalue weighted by Crippen LogP contribution is -2.33. The molecule has 0 bridgehead atoms. The molecule has 0 saturated carbocycles. The number of hydrogen-bond acceptors (Lipinski definition) is 1. The molecule has 0 aliphatic rings. The third-order valence-electron chi connectivity index (χ3n) is 2.36. The molecule has 80 valence electrons. The van der Waals surface area contributed by atoms with E-state index in [0.717, 1.165) is 5.54 Å². The van der Waals surface area contributed by atoms with Gasteiger partial charge in [-0.15, -0.1) is 0 Å². The Kier molecular flexibility index (Phi) is 5.89. The molecule has 0 spiro atoms. The predicted octanol–water partition coefficient (Wildman–Crippen LogP) is 3.74. The average Bonchev–Trinajstić information content (AvgIpc) is 2.00. The molecule has 2 heteroatoms. The highest BCUT2D eigenvalue weighted by molar-refractivity contribution is 6.53. The lowest BCUT2D eigenvalue weighted by Gasteiger charge is -2.30. The molecule has 0 fully saturated rings. The quantitative estimate of drug-likeness (QED) is 0.617. The van der Waals surface area contributed by atoms with Crippen molar-refractivity contribution in [1.29, 1.82) is 0 Å². The van der Waals surface area contributed by atoms with Gasteiger partial charge in [-0.1, -0.05) is 33.6 Å². The van der Waals surface area contributed by atoms with Gasteiger partial charge in [0.2, 0.25) is 0 Å². The second kappa shape index (κ2) is 5.81. The van der Waals surface area contributed by atoms with Gasteiger partial charge in [0.15, 0.2) is 9.04 Å². The van der Waals surface area contributed by atoms with E-state index in [2.05, 4.69) is 41.5 Å². The van der Waals surface area contributed by atoms with Crippen LogP contribution >= 0.6 is 0 Å². The van der Waals surface area contributed by atoms with Crippen LogP contribution in [0.2, 0.25) is 11.6 Å². The highest BCUT2D eigenvalue weighted by atomic mass is 28.3. The Morgan fingerprint density at radius 1 is 1.23 bits per heavy atom. The normalized spacial score (nSPS) is 17.1. The van der Waals surface area contributed by atoms with E-state index >= 15 is 0 Å². The topological polar surface area (TPSA) is 9.23 Å². The van der Waals surface area contributed by atoms with Crippen LogP contribution in [-0.2, 0) is 4.43 Å². The van der Waals surface area contributed by atoms with E-state index in [-0.39, 0.29) is 5.60 Å². The first-order chi connectivity index (χ1) is 5.90. The summed E-state index contributed by atoms with van der Waals surface area (Å²) >= 11 is 0. The van der Waals surface area contributed by atoms with Crippen molar-refractivity contribution in [1.82, 2.24) is 0 Å². The zero-order valence-electron chi connectivity index (χ0n) is 10.2. The molecule has 0 saturated heterocycles. The van der Waals surface area contributed by atoms with Crippen LogP contribution in [0.5, 0.6) is 0 Å². The van der Waals surface area contributed by atoms with Crippen molar-refractivity contribution in [3.63, 3.8) is 0 Å². The first-order valence-electron chi connectivity index (χ1n) is 5.58. The number of rotatable bonds is 5. The van der Waals surface area contributed by atoms with Gasteiger partial charge in [0, 0.05) is 5.60 Å². The maximum atomic E-state index is 6.17. The summed E-state index contributed by atoms with van der Waals surface area (Å²) in [4.78, 5) is 0. The van der Waals surface area contributed by atoms with E-state index in [1.165, 1.54) is 18.9 Å². The fourth-order valence-electron chi connectivity index (χ4n) is 1.46. The highest BCUT2D eigenvalue weighted by Crippen LogP contribution is 2.23. The van der Waals surface area contributed by atoms with Gasteiger partial charge in [0.25, 0.3) is 0 Å². The molecular formula is C11H26OSi. The minimum absolute atomic E-state index is 0.0650. The van der Waals surface area contributed by atoms with Gasteiger partial charge < -0.3 is 4.43 Å². The SMILES string of the molecule is CCC[SiH](OC(C)(C)C)C(C)CC. The van der Waals surface area contributed by atoms with Crippen molar-refractivity contribution in [2.75, 3.05) is 0 Å². The van der Waals surface area contributed by atoms with Crippen molar-refractivity contribution >= 4 is 9.04 Å². The molecule has 0 N–H and O–H groups in total. The Balaban J connectivity index is 4.09. The molecule has 2 unspecified atom stereocenters. The molecule has 13 heavy (non-hydrogen) atoms. The summed E-state index contributed by atoms with van der Waals surface area (Å²) in [7, 11) is -0.953. The van der Waals surface area contributed by atoms with E-state index in [1.807, 2.05) is 0 Å². The van der Waals surface area contributed by atoms with Crippen molar-refractivity contribution in [2.24, 2.45) is 0 Å². The second-order valence-electron chi connectivity index (χ2n) is 4.94. The monoisotopic (exact) mass is 202 g/mol. The Bertz CT molecular complexity index is 129. The van der Waals surface area contributed by atoms with Crippen LogP contribution in [0, 0.1) is 0 Å². The number of hydrogen-bond donors (Lipinski definition) is 0. The maximum Gasteiger partial charge on any atom is 0.180 e. The second-order valence-corrected chi connectivity index (χ2v) is 7.97. The van der Waals surface area contributed by atoms with Gasteiger partial charge in [-0.2, -0.15) is 0 Å². The largest absolute Gasteiger partial charge is 0.415 e. The van der Waals surface area contributed by atoms with Crippen molar-refractivity contribution in [3.8, 4) is 0 Å². The Hall–Kier alpha value is 0.177. The summed E-state index contributed by atoms with van der Waals surface area (Å²) in [6, 6.07) is 1.33. The fraction of sp³-hybridized carbons (Fsp3) is 1.00. The maximum absolute atomic E-state index is 6.17. The first-order valence-corrected chi connectivity index (χ1v) is 7.54. The summed E-state index contributed by atoms with van der Waals surface area (Å²) < 4.78 is 6.17. The minimum atomic E-state index is -0.953. The van der Waals surface area contributed by atoms with Crippen LogP contribution in [0.1, 0.15) is 54.4 Å². The predicted molar refractivity (Wildman–Crippen MR) is 62.8 cm³/mol. The fourth-order valence-corrected chi connectivity index (χ4v) is 4.38. The third-order valence-corrected chi connectivity index (χ3v) is 6.25. The molecule has 0 aromatic carbocycles. The van der Waals surface area contributed by atoms with Crippen LogP contribution in [0.4, 0.5) is 0 Å². The zero-order valence-corrected chi connectivity index (χ0v) is 11.3. The van der Waals surface area contributed by atoms with E-state index in [9.17, 15) is 0 Å². The van der Waals surface area contributed by atoms with Crippen molar-refractivity contribution in [3.05, 3.63) is 0 Å². The molecule has 0 aliphatic carbocycles. The molecule has 0 heterocycles. The Morgan fingerprint density at radius 3 is 2.08 bits per heavy atom. The van der Waals surface area contributed by atoms with Gasteiger partial charge in [-0.25, -0.2) is 0 Å². The van der Waals surface area contributed by atoms with Crippen LogP contribution in [0.15, 0.2) is 0 Å². The third kappa shape index (κ3) is 6.27. The smallest absolute Gasteiger partial charge is 0.180 e. The van der Waals surface area contributed by atoms with Crippen LogP contribution in [0.3, 0.4) is 0 Å². The molecule has 2 atom stereocenters. The van der Waals surface area contributed by atoms with Gasteiger partial charge in [-0.05, 0) is 32.4 Å². The molecule has 0 aromatic rings. The molecular weight excluding hydrogens is 176 g/mol. The van der Waals surface area contributed by atoms with Crippen molar-refractivity contribution < 1.29 is 4.43 Å². The average molecular weight is 202 g/mol. The summed E-state index contributed by atoms with van der Waals surface area (Å²) in [5, 5.41) is 0. The lowest BCUT2D eigenvalue weighted by molar-refractivity contribution is 0.124. The highest BCUT2D eigenvalue weighted by Gasteiger charge is 2.23. The molecule has 0 amide bonds. The standard InChI is InChI=1S/C11H26OSi/c1-7-9-13(10(3)8-2)12-11(4,5)6/h10,13H,7-9H2,1-6H3. The summed E-state index contributed by atoms with van der Waals surface area (Å²) in [6.45, 7) is 13.4. The van der Waals surface area contributed by atoms with E-state index in [0.29, 0.717) is 0 Å². The molecule has 0 aromatic heterocycles. The van der Waals surface area contributed by atoms with Gasteiger partial charge in [-0.3, -0.25) is 0 Å². The van der Waals surface area contributed by atoms with E-state index < -0.39 is 9.04 Å². The van der Waals surface area contributed by atoms with Crippen molar-refractivity contribution in [2.45, 2.75) is 71.6 Å². The first kappa shape index (κ1) is 13.2. The van der Waals surface area contributed by atoms with Crippen LogP contribution < -0.4 is 0 Å². The van der Waals surface area contributed by atoms with Crippen LogP contribution in [0.25, 0.3) is 0 Å².